The SMILES string of the molecule is COc1ccc(C)cc1C(=C=Nc1ccccc1)c1cc(C(C)(C)c2ccc(CO)c(C(=C=Nc3ccccc3)c3cc(C)ccc3CO)c2)ccc1OC. The van der Waals surface area contributed by atoms with Gasteiger partial charge in [-0.15, -0.1) is 0 Å². The monoisotopic (exact) mass is 726 g/mol. The average Bonchev–Trinajstić information content (AvgIpc) is 3.21. The van der Waals surface area contributed by atoms with E-state index in [1.165, 1.54) is 0 Å². The van der Waals surface area contributed by atoms with Crippen LogP contribution >= 0.6 is 0 Å². The van der Waals surface area contributed by atoms with Crippen LogP contribution in [0.3, 0.4) is 0 Å². The van der Waals surface area contributed by atoms with Crippen molar-refractivity contribution in [1.29, 1.82) is 0 Å². The minimum Gasteiger partial charge on any atom is -0.496 e. The molecule has 55 heavy (non-hydrogen) atoms. The zero-order chi connectivity index (χ0) is 39.0. The molecule has 0 atom stereocenters. The summed E-state index contributed by atoms with van der Waals surface area (Å²) in [6.07, 6.45) is 0. The summed E-state index contributed by atoms with van der Waals surface area (Å²) in [5.74, 6) is 8.07. The van der Waals surface area contributed by atoms with E-state index in [1.807, 2.05) is 117 Å². The van der Waals surface area contributed by atoms with Crippen LogP contribution in [0.25, 0.3) is 11.1 Å². The van der Waals surface area contributed by atoms with E-state index in [2.05, 4.69) is 55.9 Å². The molecule has 0 amide bonds. The van der Waals surface area contributed by atoms with Gasteiger partial charge in [-0.1, -0.05) is 104 Å². The quantitative estimate of drug-likeness (QED) is 0.123. The highest BCUT2D eigenvalue weighted by Crippen LogP contribution is 2.41. The highest BCUT2D eigenvalue weighted by molar-refractivity contribution is 6.03. The van der Waals surface area contributed by atoms with Gasteiger partial charge in [0.15, 0.2) is 0 Å². The topological polar surface area (TPSA) is 83.6 Å². The molecule has 0 fully saturated rings. The predicted octanol–water partition coefficient (Wildman–Crippen LogP) is 10.5. The number of para-hydroxylation sites is 2. The second-order valence-corrected chi connectivity index (χ2v) is 14.0. The first kappa shape index (κ1) is 38.5. The number of ether oxygens (including phenoxy) is 2. The van der Waals surface area contributed by atoms with Crippen molar-refractivity contribution in [2.75, 3.05) is 14.2 Å². The van der Waals surface area contributed by atoms with Crippen LogP contribution in [0, 0.1) is 13.8 Å². The Morgan fingerprint density at radius 1 is 0.527 bits per heavy atom. The molecule has 2 N–H and O–H groups in total. The Labute approximate surface area is 324 Å². The van der Waals surface area contributed by atoms with Gasteiger partial charge >= 0.3 is 0 Å². The van der Waals surface area contributed by atoms with Crippen LogP contribution in [-0.2, 0) is 18.6 Å². The molecule has 6 rings (SSSR count). The summed E-state index contributed by atoms with van der Waals surface area (Å²) in [7, 11) is 3.33. The van der Waals surface area contributed by atoms with E-state index < -0.39 is 5.41 Å². The van der Waals surface area contributed by atoms with Gasteiger partial charge in [-0.3, -0.25) is 0 Å². The third kappa shape index (κ3) is 8.60. The number of rotatable bonds is 12. The molecule has 0 heterocycles. The molecule has 6 heteroatoms. The summed E-state index contributed by atoms with van der Waals surface area (Å²) in [4.78, 5) is 9.51. The molecule has 0 radical (unpaired) electrons. The Balaban J connectivity index is 1.56. The first-order valence-electron chi connectivity index (χ1n) is 18.2. The summed E-state index contributed by atoms with van der Waals surface area (Å²) in [5.41, 5.74) is 11.2. The number of hydrogen-bond acceptors (Lipinski definition) is 6. The molecular formula is C49H46N2O4. The molecule has 0 spiro atoms. The molecule has 0 unspecified atom stereocenters. The van der Waals surface area contributed by atoms with Crippen molar-refractivity contribution >= 4 is 34.3 Å². The molecule has 0 aliphatic rings. The molecule has 6 aromatic rings. The fourth-order valence-corrected chi connectivity index (χ4v) is 6.65. The first-order valence-corrected chi connectivity index (χ1v) is 18.2. The van der Waals surface area contributed by atoms with Gasteiger partial charge in [-0.05, 0) is 114 Å². The normalized spacial score (nSPS) is 10.9. The number of hydrogen-bond donors (Lipinski definition) is 2. The smallest absolute Gasteiger partial charge is 0.127 e. The Morgan fingerprint density at radius 2 is 0.927 bits per heavy atom. The maximum atomic E-state index is 10.7. The molecule has 0 aliphatic carbocycles. The van der Waals surface area contributed by atoms with E-state index in [9.17, 15) is 10.2 Å². The summed E-state index contributed by atoms with van der Waals surface area (Å²) < 4.78 is 11.9. The summed E-state index contributed by atoms with van der Waals surface area (Å²) in [5, 5.41) is 21.1. The number of nitrogens with zero attached hydrogens (tertiary/aromatic N) is 2. The van der Waals surface area contributed by atoms with Gasteiger partial charge in [0, 0.05) is 16.5 Å². The van der Waals surface area contributed by atoms with Crippen LogP contribution in [0.15, 0.2) is 143 Å². The molecule has 0 bridgehead atoms. The van der Waals surface area contributed by atoms with Gasteiger partial charge in [-0.2, -0.15) is 0 Å². The van der Waals surface area contributed by atoms with E-state index in [0.717, 1.165) is 72.6 Å². The van der Waals surface area contributed by atoms with Crippen LogP contribution in [0.4, 0.5) is 11.4 Å². The van der Waals surface area contributed by atoms with Gasteiger partial charge in [0.05, 0.1) is 50.0 Å². The van der Waals surface area contributed by atoms with Gasteiger partial charge in [0.1, 0.15) is 11.5 Å². The van der Waals surface area contributed by atoms with E-state index in [-0.39, 0.29) is 13.2 Å². The van der Waals surface area contributed by atoms with Gasteiger partial charge in [-0.25, -0.2) is 9.98 Å². The zero-order valence-corrected chi connectivity index (χ0v) is 32.2. The number of benzene rings is 6. The predicted molar refractivity (Wildman–Crippen MR) is 224 cm³/mol. The number of aryl methyl sites for hydroxylation is 2. The van der Waals surface area contributed by atoms with Crippen molar-refractivity contribution in [3.63, 3.8) is 0 Å². The van der Waals surface area contributed by atoms with Crippen molar-refractivity contribution in [3.8, 4) is 11.5 Å². The van der Waals surface area contributed by atoms with E-state index in [1.54, 1.807) is 14.2 Å². The Bertz CT molecular complexity index is 2270. The largest absolute Gasteiger partial charge is 0.496 e. The fourth-order valence-electron chi connectivity index (χ4n) is 6.65. The lowest BCUT2D eigenvalue weighted by molar-refractivity contribution is 0.281. The number of aliphatic hydroxyl groups is 2. The maximum absolute atomic E-state index is 10.7. The third-order valence-corrected chi connectivity index (χ3v) is 9.90. The van der Waals surface area contributed by atoms with Gasteiger partial charge in [0.25, 0.3) is 0 Å². The van der Waals surface area contributed by atoms with Gasteiger partial charge in [0.2, 0.25) is 0 Å². The standard InChI is InChI=1S/C49H46N2O4/c1-33-17-19-35(31-52)41(25-33)45(29-50-39-13-9-7-10-14-39)42-27-37(21-20-36(42)32-53)49(3,4)38-22-24-48(55-6)44(28-38)46(30-51-40-15-11-8-12-16-40)43-26-34(2)18-23-47(43)54-5/h7-28,52-53H,31-32H2,1-6H3. The van der Waals surface area contributed by atoms with Crippen LogP contribution in [0.2, 0.25) is 0 Å². The zero-order valence-electron chi connectivity index (χ0n) is 32.2. The van der Waals surface area contributed by atoms with Crippen LogP contribution in [-0.4, -0.2) is 36.2 Å². The number of aliphatic hydroxyl groups excluding tert-OH is 2. The van der Waals surface area contributed by atoms with Crippen LogP contribution in [0.1, 0.15) is 69.5 Å². The fraction of sp³-hybridized carbons (Fsp3) is 0.184. The summed E-state index contributed by atoms with van der Waals surface area (Å²) in [6, 6.07) is 43.7. The summed E-state index contributed by atoms with van der Waals surface area (Å²) in [6.45, 7) is 8.08. The molecular weight excluding hydrogens is 681 g/mol. The molecule has 276 valence electrons. The Kier molecular flexibility index (Phi) is 12.1. The van der Waals surface area contributed by atoms with Crippen molar-refractivity contribution in [1.82, 2.24) is 0 Å². The maximum Gasteiger partial charge on any atom is 0.127 e. The van der Waals surface area contributed by atoms with E-state index in [0.29, 0.717) is 17.1 Å². The third-order valence-electron chi connectivity index (χ3n) is 9.90. The second-order valence-electron chi connectivity index (χ2n) is 14.0. The van der Waals surface area contributed by atoms with Crippen molar-refractivity contribution in [2.24, 2.45) is 9.98 Å². The first-order chi connectivity index (χ1) is 26.7. The van der Waals surface area contributed by atoms with Gasteiger partial charge < -0.3 is 19.7 Å². The highest BCUT2D eigenvalue weighted by Gasteiger charge is 2.28. The minimum atomic E-state index is -0.545. The molecule has 0 saturated heterocycles. The Hall–Kier alpha value is -6.26. The van der Waals surface area contributed by atoms with Crippen LogP contribution in [0.5, 0.6) is 11.5 Å². The van der Waals surface area contributed by atoms with Crippen LogP contribution < -0.4 is 9.47 Å². The number of aliphatic imine (C=N–C) groups is 2. The lowest BCUT2D eigenvalue weighted by Gasteiger charge is -2.29. The van der Waals surface area contributed by atoms with E-state index >= 15 is 0 Å². The Morgan fingerprint density at radius 3 is 1.45 bits per heavy atom. The van der Waals surface area contributed by atoms with E-state index in [4.69, 9.17) is 19.5 Å². The van der Waals surface area contributed by atoms with Crippen molar-refractivity contribution in [2.45, 2.75) is 46.3 Å². The van der Waals surface area contributed by atoms with Crippen molar-refractivity contribution < 1.29 is 19.7 Å². The molecule has 0 aliphatic heterocycles. The highest BCUT2D eigenvalue weighted by atomic mass is 16.5. The molecule has 0 saturated carbocycles. The second kappa shape index (κ2) is 17.3. The van der Waals surface area contributed by atoms with Crippen molar-refractivity contribution in [3.05, 3.63) is 189 Å². The number of methoxy groups -OCH3 is 2. The minimum absolute atomic E-state index is 0.157. The molecule has 0 aromatic heterocycles. The molecule has 6 aromatic carbocycles. The lowest BCUT2D eigenvalue weighted by atomic mass is 9.75. The lowest BCUT2D eigenvalue weighted by Crippen LogP contribution is -2.20. The molecule has 6 nitrogen and oxygen atoms in total. The average molecular weight is 727 g/mol. The summed E-state index contributed by atoms with van der Waals surface area (Å²) >= 11 is 0.